The molecule has 0 aliphatic carbocycles. The molecule has 5 nitrogen and oxygen atoms in total. The largest absolute Gasteiger partial charge is 0.395 e. The zero-order chi connectivity index (χ0) is 13.0. The Hall–Kier alpha value is -0.980. The van der Waals surface area contributed by atoms with Gasteiger partial charge in [-0.1, -0.05) is 6.07 Å². The van der Waals surface area contributed by atoms with Crippen LogP contribution in [0.15, 0.2) is 24.4 Å². The molecule has 1 atom stereocenters. The smallest absolute Gasteiger partial charge is 0.214 e. The van der Waals surface area contributed by atoms with Gasteiger partial charge in [-0.25, -0.2) is 8.42 Å². The highest BCUT2D eigenvalue weighted by Gasteiger charge is 2.33. The zero-order valence-corrected chi connectivity index (χ0v) is 11.0. The first-order valence-electron chi connectivity index (χ1n) is 6.14. The van der Waals surface area contributed by atoms with E-state index in [0.717, 1.165) is 18.5 Å². The van der Waals surface area contributed by atoms with Gasteiger partial charge in [-0.15, -0.1) is 0 Å². The number of pyridine rings is 1. The van der Waals surface area contributed by atoms with Crippen molar-refractivity contribution in [2.75, 3.05) is 18.9 Å². The van der Waals surface area contributed by atoms with Gasteiger partial charge in [0.2, 0.25) is 10.0 Å². The van der Waals surface area contributed by atoms with Crippen molar-refractivity contribution in [2.24, 2.45) is 0 Å². The molecule has 1 aliphatic rings. The highest BCUT2D eigenvalue weighted by molar-refractivity contribution is 7.89. The predicted molar refractivity (Wildman–Crippen MR) is 68.5 cm³/mol. The van der Waals surface area contributed by atoms with E-state index in [4.69, 9.17) is 5.11 Å². The van der Waals surface area contributed by atoms with Gasteiger partial charge in [-0.2, -0.15) is 4.31 Å². The van der Waals surface area contributed by atoms with Gasteiger partial charge in [0.1, 0.15) is 0 Å². The van der Waals surface area contributed by atoms with Gasteiger partial charge in [0.25, 0.3) is 0 Å². The summed E-state index contributed by atoms with van der Waals surface area (Å²) in [6, 6.07) is 5.24. The van der Waals surface area contributed by atoms with Crippen LogP contribution in [0.3, 0.4) is 0 Å². The van der Waals surface area contributed by atoms with Crippen LogP contribution in [0.5, 0.6) is 0 Å². The Kier molecular flexibility index (Phi) is 4.31. The third-order valence-corrected chi connectivity index (χ3v) is 5.15. The average molecular weight is 270 g/mol. The number of hydrogen-bond acceptors (Lipinski definition) is 4. The maximum Gasteiger partial charge on any atom is 0.214 e. The second kappa shape index (κ2) is 5.77. The monoisotopic (exact) mass is 270 g/mol. The van der Waals surface area contributed by atoms with E-state index in [1.54, 1.807) is 12.3 Å². The van der Waals surface area contributed by atoms with Crippen molar-refractivity contribution in [1.29, 1.82) is 0 Å². The molecule has 6 heteroatoms. The van der Waals surface area contributed by atoms with Crippen molar-refractivity contribution < 1.29 is 13.5 Å². The molecule has 0 spiro atoms. The van der Waals surface area contributed by atoms with Crippen LogP contribution in [0, 0.1) is 0 Å². The van der Waals surface area contributed by atoms with E-state index in [1.807, 2.05) is 12.1 Å². The van der Waals surface area contributed by atoms with Crippen molar-refractivity contribution in [3.05, 3.63) is 30.1 Å². The molecule has 1 N–H and O–H groups in total. The second-order valence-electron chi connectivity index (χ2n) is 4.48. The van der Waals surface area contributed by atoms with E-state index < -0.39 is 10.0 Å². The highest BCUT2D eigenvalue weighted by Crippen LogP contribution is 2.21. The molecule has 2 rings (SSSR count). The Morgan fingerprint density at radius 1 is 1.44 bits per heavy atom. The summed E-state index contributed by atoms with van der Waals surface area (Å²) in [5.74, 6) is 0.0561. The van der Waals surface area contributed by atoms with Crippen LogP contribution in [0.1, 0.15) is 18.5 Å². The Morgan fingerprint density at radius 2 is 2.28 bits per heavy atom. The molecule has 100 valence electrons. The summed E-state index contributed by atoms with van der Waals surface area (Å²) in [6.45, 7) is 0.429. The molecular formula is C12H18N2O3S. The van der Waals surface area contributed by atoms with Crippen molar-refractivity contribution >= 4 is 10.0 Å². The minimum absolute atomic E-state index is 0.0561. The van der Waals surface area contributed by atoms with Crippen LogP contribution in [-0.2, 0) is 16.4 Å². The molecule has 1 aromatic heterocycles. The molecule has 0 saturated carbocycles. The van der Waals surface area contributed by atoms with Crippen LogP contribution in [-0.4, -0.2) is 47.8 Å². The fraction of sp³-hybridized carbons (Fsp3) is 0.583. The standard InChI is InChI=1S/C12H18N2O3S/c15-10-12-5-3-8-14(12)18(16,17)9-6-11-4-1-2-7-13-11/h1-2,4,7,12,15H,3,5-6,8-10H2. The summed E-state index contributed by atoms with van der Waals surface area (Å²) in [6.07, 6.45) is 3.65. The number of sulfonamides is 1. The molecule has 1 aliphatic heterocycles. The molecule has 0 radical (unpaired) electrons. The number of aliphatic hydroxyl groups is 1. The van der Waals surface area contributed by atoms with E-state index in [0.29, 0.717) is 13.0 Å². The van der Waals surface area contributed by atoms with Gasteiger partial charge in [0, 0.05) is 30.9 Å². The molecular weight excluding hydrogens is 252 g/mol. The van der Waals surface area contributed by atoms with Crippen molar-refractivity contribution in [3.8, 4) is 0 Å². The van der Waals surface area contributed by atoms with Gasteiger partial charge in [0.15, 0.2) is 0 Å². The molecule has 1 fully saturated rings. The lowest BCUT2D eigenvalue weighted by atomic mass is 10.2. The van der Waals surface area contributed by atoms with Crippen LogP contribution >= 0.6 is 0 Å². The van der Waals surface area contributed by atoms with E-state index in [2.05, 4.69) is 4.98 Å². The number of rotatable bonds is 5. The fourth-order valence-electron chi connectivity index (χ4n) is 2.25. The van der Waals surface area contributed by atoms with Gasteiger partial charge in [-0.3, -0.25) is 4.98 Å². The summed E-state index contributed by atoms with van der Waals surface area (Å²) in [7, 11) is -3.29. The molecule has 2 heterocycles. The van der Waals surface area contributed by atoms with E-state index >= 15 is 0 Å². The van der Waals surface area contributed by atoms with Gasteiger partial charge < -0.3 is 5.11 Å². The first-order valence-corrected chi connectivity index (χ1v) is 7.74. The zero-order valence-electron chi connectivity index (χ0n) is 10.2. The minimum atomic E-state index is -3.29. The maximum atomic E-state index is 12.2. The average Bonchev–Trinajstić information content (AvgIpc) is 2.87. The minimum Gasteiger partial charge on any atom is -0.395 e. The number of aryl methyl sites for hydroxylation is 1. The Balaban J connectivity index is 1.99. The first kappa shape index (κ1) is 13.5. The number of hydrogen-bond donors (Lipinski definition) is 1. The predicted octanol–water partition coefficient (Wildman–Crippen LogP) is 0.411. The van der Waals surface area contributed by atoms with Crippen molar-refractivity contribution in [2.45, 2.75) is 25.3 Å². The van der Waals surface area contributed by atoms with Gasteiger partial charge in [0.05, 0.1) is 12.4 Å². The number of aliphatic hydroxyl groups excluding tert-OH is 1. The molecule has 0 bridgehead atoms. The van der Waals surface area contributed by atoms with Crippen LogP contribution in [0.25, 0.3) is 0 Å². The summed E-state index contributed by atoms with van der Waals surface area (Å²) >= 11 is 0. The molecule has 0 amide bonds. The molecule has 0 aromatic carbocycles. The second-order valence-corrected chi connectivity index (χ2v) is 6.52. The quantitative estimate of drug-likeness (QED) is 0.841. The third kappa shape index (κ3) is 3.07. The summed E-state index contributed by atoms with van der Waals surface area (Å²) < 4.78 is 25.8. The topological polar surface area (TPSA) is 70.5 Å². The summed E-state index contributed by atoms with van der Waals surface area (Å²) in [5.41, 5.74) is 0.779. The Morgan fingerprint density at radius 3 is 2.94 bits per heavy atom. The normalized spacial score (nSPS) is 21.3. The summed E-state index contributed by atoms with van der Waals surface area (Å²) in [4.78, 5) is 4.12. The maximum absolute atomic E-state index is 12.2. The van der Waals surface area contributed by atoms with Crippen LogP contribution in [0.4, 0.5) is 0 Å². The van der Waals surface area contributed by atoms with Crippen LogP contribution in [0.2, 0.25) is 0 Å². The lowest BCUT2D eigenvalue weighted by Crippen LogP contribution is -2.39. The van der Waals surface area contributed by atoms with Crippen molar-refractivity contribution in [1.82, 2.24) is 9.29 Å². The Labute approximate surface area is 108 Å². The lowest BCUT2D eigenvalue weighted by molar-refractivity contribution is 0.213. The number of aromatic nitrogens is 1. The Bertz CT molecular complexity index is 475. The third-order valence-electron chi connectivity index (χ3n) is 3.23. The highest BCUT2D eigenvalue weighted by atomic mass is 32.2. The molecule has 1 saturated heterocycles. The van der Waals surface area contributed by atoms with E-state index in [1.165, 1.54) is 4.31 Å². The number of nitrogens with zero attached hydrogens (tertiary/aromatic N) is 2. The molecule has 1 unspecified atom stereocenters. The summed E-state index contributed by atoms with van der Waals surface area (Å²) in [5, 5.41) is 9.17. The molecule has 18 heavy (non-hydrogen) atoms. The van der Waals surface area contributed by atoms with E-state index in [-0.39, 0.29) is 18.4 Å². The van der Waals surface area contributed by atoms with Gasteiger partial charge >= 0.3 is 0 Å². The molecule has 1 aromatic rings. The SMILES string of the molecule is O=S(=O)(CCc1ccccn1)N1CCCC1CO. The first-order chi connectivity index (χ1) is 8.63. The van der Waals surface area contributed by atoms with Gasteiger partial charge in [-0.05, 0) is 25.0 Å². The van der Waals surface area contributed by atoms with Crippen molar-refractivity contribution in [3.63, 3.8) is 0 Å². The fourth-order valence-corrected chi connectivity index (χ4v) is 3.99. The lowest BCUT2D eigenvalue weighted by Gasteiger charge is -2.22. The van der Waals surface area contributed by atoms with Crippen LogP contribution < -0.4 is 0 Å². The van der Waals surface area contributed by atoms with E-state index in [9.17, 15) is 8.42 Å².